The van der Waals surface area contributed by atoms with Gasteiger partial charge in [-0.15, -0.1) is 0 Å². The van der Waals surface area contributed by atoms with Crippen LogP contribution in [-0.4, -0.2) is 9.97 Å². The Labute approximate surface area is 83.6 Å². The Kier molecular flexibility index (Phi) is 1.48. The van der Waals surface area contributed by atoms with E-state index in [-0.39, 0.29) is 11.4 Å². The molecule has 0 unspecified atom stereocenters. The topological polar surface area (TPSA) is 48.6 Å². The molecule has 4 heteroatoms. The van der Waals surface area contributed by atoms with Crippen LogP contribution >= 0.6 is 0 Å². The summed E-state index contributed by atoms with van der Waals surface area (Å²) in [6.45, 7) is 0. The van der Waals surface area contributed by atoms with E-state index in [2.05, 4.69) is 9.97 Å². The Bertz CT molecular complexity index is 711. The van der Waals surface area contributed by atoms with Gasteiger partial charge >= 0.3 is 0 Å². The van der Waals surface area contributed by atoms with Gasteiger partial charge in [-0.25, -0.2) is 4.39 Å². The van der Waals surface area contributed by atoms with Crippen molar-refractivity contribution in [2.24, 2.45) is 0 Å². The maximum Gasteiger partial charge on any atom is 0.248 e. The molecule has 0 aliphatic carbocycles. The molecular formula is C11H7FN2O. The SMILES string of the molecule is O=c1cc2c(c[nH]1)[nH]c1cc(F)ccc12. The molecule has 0 radical (unpaired) electrons. The zero-order valence-corrected chi connectivity index (χ0v) is 7.67. The van der Waals surface area contributed by atoms with Crippen molar-refractivity contribution in [3.05, 3.63) is 46.6 Å². The number of pyridine rings is 1. The van der Waals surface area contributed by atoms with E-state index in [1.165, 1.54) is 18.2 Å². The molecule has 2 aromatic heterocycles. The van der Waals surface area contributed by atoms with E-state index in [0.717, 1.165) is 16.3 Å². The molecule has 0 bridgehead atoms. The van der Waals surface area contributed by atoms with Crippen molar-refractivity contribution in [2.75, 3.05) is 0 Å². The molecule has 0 saturated carbocycles. The molecular weight excluding hydrogens is 195 g/mol. The van der Waals surface area contributed by atoms with Crippen molar-refractivity contribution in [2.45, 2.75) is 0 Å². The predicted molar refractivity (Wildman–Crippen MR) is 56.4 cm³/mol. The molecule has 0 atom stereocenters. The van der Waals surface area contributed by atoms with Crippen LogP contribution in [0.4, 0.5) is 4.39 Å². The van der Waals surface area contributed by atoms with Crippen molar-refractivity contribution in [3.8, 4) is 0 Å². The highest BCUT2D eigenvalue weighted by atomic mass is 19.1. The van der Waals surface area contributed by atoms with Crippen LogP contribution in [0.15, 0.2) is 35.3 Å². The third kappa shape index (κ3) is 1.15. The van der Waals surface area contributed by atoms with Crippen LogP contribution in [0.3, 0.4) is 0 Å². The van der Waals surface area contributed by atoms with Crippen molar-refractivity contribution < 1.29 is 4.39 Å². The molecule has 2 heterocycles. The largest absolute Gasteiger partial charge is 0.353 e. The normalized spacial score (nSPS) is 11.3. The van der Waals surface area contributed by atoms with Crippen molar-refractivity contribution in [1.82, 2.24) is 9.97 Å². The van der Waals surface area contributed by atoms with Gasteiger partial charge in [-0.1, -0.05) is 0 Å². The Balaban J connectivity index is 2.58. The van der Waals surface area contributed by atoms with E-state index >= 15 is 0 Å². The van der Waals surface area contributed by atoms with Gasteiger partial charge in [0.1, 0.15) is 5.82 Å². The number of halogens is 1. The second kappa shape index (κ2) is 2.70. The number of aromatic nitrogens is 2. The molecule has 0 spiro atoms. The first kappa shape index (κ1) is 8.23. The van der Waals surface area contributed by atoms with Crippen LogP contribution in [0, 0.1) is 5.82 Å². The van der Waals surface area contributed by atoms with Crippen LogP contribution < -0.4 is 5.56 Å². The Morgan fingerprint density at radius 2 is 1.93 bits per heavy atom. The fraction of sp³-hybridized carbons (Fsp3) is 0. The maximum absolute atomic E-state index is 13.0. The fourth-order valence-corrected chi connectivity index (χ4v) is 1.80. The van der Waals surface area contributed by atoms with Gasteiger partial charge in [0.25, 0.3) is 0 Å². The zero-order chi connectivity index (χ0) is 10.4. The van der Waals surface area contributed by atoms with E-state index in [1.807, 2.05) is 0 Å². The number of rotatable bonds is 0. The van der Waals surface area contributed by atoms with Gasteiger partial charge in [0.15, 0.2) is 0 Å². The molecule has 0 amide bonds. The van der Waals surface area contributed by atoms with Crippen LogP contribution in [0.5, 0.6) is 0 Å². The highest BCUT2D eigenvalue weighted by Crippen LogP contribution is 2.23. The average molecular weight is 202 g/mol. The molecule has 15 heavy (non-hydrogen) atoms. The number of aromatic amines is 2. The monoisotopic (exact) mass is 202 g/mol. The molecule has 0 aliphatic heterocycles. The Morgan fingerprint density at radius 1 is 1.07 bits per heavy atom. The van der Waals surface area contributed by atoms with Crippen LogP contribution in [-0.2, 0) is 0 Å². The number of benzene rings is 1. The van der Waals surface area contributed by atoms with E-state index in [9.17, 15) is 9.18 Å². The third-order valence-electron chi connectivity index (χ3n) is 2.47. The summed E-state index contributed by atoms with van der Waals surface area (Å²) >= 11 is 0. The smallest absolute Gasteiger partial charge is 0.248 e. The highest BCUT2D eigenvalue weighted by Gasteiger charge is 2.04. The zero-order valence-electron chi connectivity index (χ0n) is 7.67. The molecule has 3 aromatic rings. The van der Waals surface area contributed by atoms with Gasteiger partial charge in [-0.3, -0.25) is 4.79 Å². The molecule has 0 saturated heterocycles. The number of hydrogen-bond donors (Lipinski definition) is 2. The number of H-pyrrole nitrogens is 2. The van der Waals surface area contributed by atoms with E-state index < -0.39 is 0 Å². The fourth-order valence-electron chi connectivity index (χ4n) is 1.80. The molecule has 0 aliphatic rings. The number of nitrogens with one attached hydrogen (secondary N) is 2. The lowest BCUT2D eigenvalue weighted by atomic mass is 10.2. The lowest BCUT2D eigenvalue weighted by molar-refractivity contribution is 0.629. The summed E-state index contributed by atoms with van der Waals surface area (Å²) in [5.74, 6) is -0.291. The summed E-state index contributed by atoms with van der Waals surface area (Å²) in [7, 11) is 0. The summed E-state index contributed by atoms with van der Waals surface area (Å²) in [4.78, 5) is 16.8. The van der Waals surface area contributed by atoms with E-state index in [0.29, 0.717) is 5.52 Å². The molecule has 1 aromatic carbocycles. The molecule has 74 valence electrons. The minimum atomic E-state index is -0.291. The summed E-state index contributed by atoms with van der Waals surface area (Å²) in [6, 6.07) is 5.98. The Morgan fingerprint density at radius 3 is 2.80 bits per heavy atom. The Hall–Kier alpha value is -2.10. The van der Waals surface area contributed by atoms with E-state index in [1.54, 1.807) is 12.3 Å². The summed E-state index contributed by atoms with van der Waals surface area (Å²) in [5, 5.41) is 1.67. The second-order valence-corrected chi connectivity index (χ2v) is 3.44. The number of fused-ring (bicyclic) bond motifs is 3. The quantitative estimate of drug-likeness (QED) is 0.576. The first-order chi connectivity index (χ1) is 7.24. The van der Waals surface area contributed by atoms with Crippen LogP contribution in [0.2, 0.25) is 0 Å². The van der Waals surface area contributed by atoms with Gasteiger partial charge in [-0.2, -0.15) is 0 Å². The molecule has 3 nitrogen and oxygen atoms in total. The van der Waals surface area contributed by atoms with Gasteiger partial charge in [-0.05, 0) is 18.2 Å². The van der Waals surface area contributed by atoms with Crippen molar-refractivity contribution in [3.63, 3.8) is 0 Å². The first-order valence-electron chi connectivity index (χ1n) is 4.54. The van der Waals surface area contributed by atoms with Gasteiger partial charge in [0, 0.05) is 28.6 Å². The van der Waals surface area contributed by atoms with Crippen molar-refractivity contribution in [1.29, 1.82) is 0 Å². The average Bonchev–Trinajstić information content (AvgIpc) is 2.54. The lowest BCUT2D eigenvalue weighted by Crippen LogP contribution is -2.00. The lowest BCUT2D eigenvalue weighted by Gasteiger charge is -1.89. The van der Waals surface area contributed by atoms with Crippen molar-refractivity contribution >= 4 is 21.8 Å². The maximum atomic E-state index is 13.0. The van der Waals surface area contributed by atoms with Gasteiger partial charge in [0.05, 0.1) is 5.52 Å². The second-order valence-electron chi connectivity index (χ2n) is 3.44. The third-order valence-corrected chi connectivity index (χ3v) is 2.47. The minimum Gasteiger partial charge on any atom is -0.353 e. The molecule has 0 fully saturated rings. The van der Waals surface area contributed by atoms with Crippen LogP contribution in [0.25, 0.3) is 21.8 Å². The molecule has 3 rings (SSSR count). The standard InChI is InChI=1S/C11H7FN2O/c12-6-1-2-7-8-4-11(15)13-5-10(8)14-9(7)3-6/h1-5,14H,(H,13,15). The summed E-state index contributed by atoms with van der Waals surface area (Å²) in [6.07, 6.45) is 1.59. The summed E-state index contributed by atoms with van der Waals surface area (Å²) in [5.41, 5.74) is 1.34. The van der Waals surface area contributed by atoms with Gasteiger partial charge < -0.3 is 9.97 Å². The van der Waals surface area contributed by atoms with Gasteiger partial charge in [0.2, 0.25) is 5.56 Å². The van der Waals surface area contributed by atoms with Crippen LogP contribution in [0.1, 0.15) is 0 Å². The molecule has 2 N–H and O–H groups in total. The minimum absolute atomic E-state index is 0.160. The van der Waals surface area contributed by atoms with E-state index in [4.69, 9.17) is 0 Å². The summed E-state index contributed by atoms with van der Waals surface area (Å²) < 4.78 is 13.0. The number of hydrogen-bond acceptors (Lipinski definition) is 1. The predicted octanol–water partition coefficient (Wildman–Crippen LogP) is 2.15. The first-order valence-corrected chi connectivity index (χ1v) is 4.54. The highest BCUT2D eigenvalue weighted by molar-refractivity contribution is 6.06.